The molecule has 1 aliphatic rings. The minimum atomic E-state index is 0.275. The average Bonchev–Trinajstić information content (AvgIpc) is 2.99. The second-order valence-electron chi connectivity index (χ2n) is 4.35. The topological polar surface area (TPSA) is 60.2 Å². The van der Waals surface area contributed by atoms with Gasteiger partial charge in [0.15, 0.2) is 0 Å². The Hall–Kier alpha value is -1.24. The van der Waals surface area contributed by atoms with E-state index in [0.717, 1.165) is 24.4 Å². The van der Waals surface area contributed by atoms with Crippen molar-refractivity contribution in [3.63, 3.8) is 0 Å². The molecule has 1 aliphatic heterocycles. The molecule has 0 bridgehead atoms. The summed E-state index contributed by atoms with van der Waals surface area (Å²) in [6.45, 7) is 4.43. The van der Waals surface area contributed by atoms with Gasteiger partial charge in [-0.25, -0.2) is 0 Å². The Bertz CT molecular complexity index is 517. The van der Waals surface area contributed by atoms with Crippen molar-refractivity contribution in [3.05, 3.63) is 22.9 Å². The fraction of sp³-hybridized carbons (Fsp3) is 0.500. The summed E-state index contributed by atoms with van der Waals surface area (Å²) in [5.74, 6) is 1.35. The first-order chi connectivity index (χ1) is 8.81. The minimum Gasteiger partial charge on any atom is -0.378 e. The molecule has 1 saturated heterocycles. The van der Waals surface area contributed by atoms with Crippen LogP contribution in [-0.4, -0.2) is 35.9 Å². The second kappa shape index (κ2) is 5.17. The largest absolute Gasteiger partial charge is 0.378 e. The normalized spacial score (nSPS) is 20.2. The van der Waals surface area contributed by atoms with Crippen LogP contribution < -0.4 is 5.32 Å². The van der Waals surface area contributed by atoms with Crippen LogP contribution in [0.1, 0.15) is 10.8 Å². The highest BCUT2D eigenvalue weighted by Gasteiger charge is 2.18. The fourth-order valence-corrected chi connectivity index (χ4v) is 2.75. The molecule has 0 aliphatic carbocycles. The zero-order valence-corrected chi connectivity index (χ0v) is 11.0. The van der Waals surface area contributed by atoms with Gasteiger partial charge in [0.1, 0.15) is 0 Å². The second-order valence-corrected chi connectivity index (χ2v) is 5.64. The SMILES string of the molecule is Cc1ccc(-c2noc(CC3COCCN3)n2)s1. The van der Waals surface area contributed by atoms with E-state index in [-0.39, 0.29) is 6.04 Å². The lowest BCUT2D eigenvalue weighted by molar-refractivity contribution is 0.0744. The zero-order valence-electron chi connectivity index (χ0n) is 10.2. The van der Waals surface area contributed by atoms with Crippen LogP contribution in [0.5, 0.6) is 0 Å². The first-order valence-electron chi connectivity index (χ1n) is 6.02. The Morgan fingerprint density at radius 3 is 3.17 bits per heavy atom. The quantitative estimate of drug-likeness (QED) is 0.914. The molecular weight excluding hydrogens is 250 g/mol. The Balaban J connectivity index is 1.69. The predicted molar refractivity (Wildman–Crippen MR) is 68.7 cm³/mol. The molecule has 2 aromatic heterocycles. The number of rotatable bonds is 3. The standard InChI is InChI=1S/C12H15N3O2S/c1-8-2-3-10(18-8)12-14-11(17-15-12)6-9-7-16-5-4-13-9/h2-3,9,13H,4-7H2,1H3. The van der Waals surface area contributed by atoms with Crippen LogP contribution in [0.3, 0.4) is 0 Å². The van der Waals surface area contributed by atoms with Gasteiger partial charge in [-0.1, -0.05) is 5.16 Å². The molecule has 1 N–H and O–H groups in total. The fourth-order valence-electron chi connectivity index (χ4n) is 1.95. The molecule has 1 unspecified atom stereocenters. The number of aryl methyl sites for hydroxylation is 1. The van der Waals surface area contributed by atoms with Crippen LogP contribution in [0, 0.1) is 6.92 Å². The molecule has 96 valence electrons. The first kappa shape index (κ1) is 11.8. The smallest absolute Gasteiger partial charge is 0.228 e. The summed E-state index contributed by atoms with van der Waals surface area (Å²) < 4.78 is 10.7. The van der Waals surface area contributed by atoms with Crippen LogP contribution in [0.2, 0.25) is 0 Å². The molecule has 0 saturated carbocycles. The van der Waals surface area contributed by atoms with Crippen molar-refractivity contribution >= 4 is 11.3 Å². The van der Waals surface area contributed by atoms with Crippen LogP contribution in [0.25, 0.3) is 10.7 Å². The van der Waals surface area contributed by atoms with Gasteiger partial charge >= 0.3 is 0 Å². The number of ether oxygens (including phenoxy) is 1. The van der Waals surface area contributed by atoms with Crippen LogP contribution in [-0.2, 0) is 11.2 Å². The first-order valence-corrected chi connectivity index (χ1v) is 6.83. The number of aromatic nitrogens is 2. The maximum atomic E-state index is 5.40. The summed E-state index contributed by atoms with van der Waals surface area (Å²) in [6.07, 6.45) is 0.720. The Kier molecular flexibility index (Phi) is 3.40. The van der Waals surface area contributed by atoms with E-state index in [1.165, 1.54) is 4.88 Å². The van der Waals surface area contributed by atoms with Gasteiger partial charge in [0, 0.05) is 23.9 Å². The summed E-state index contributed by atoms with van der Waals surface area (Å²) >= 11 is 1.67. The molecule has 1 fully saturated rings. The van der Waals surface area contributed by atoms with Gasteiger partial charge in [0.25, 0.3) is 0 Å². The van der Waals surface area contributed by atoms with Crippen LogP contribution in [0.4, 0.5) is 0 Å². The van der Waals surface area contributed by atoms with Crippen molar-refractivity contribution in [3.8, 4) is 10.7 Å². The Morgan fingerprint density at radius 1 is 1.50 bits per heavy atom. The lowest BCUT2D eigenvalue weighted by Gasteiger charge is -2.22. The molecule has 0 spiro atoms. The van der Waals surface area contributed by atoms with E-state index in [0.29, 0.717) is 18.3 Å². The van der Waals surface area contributed by atoms with Gasteiger partial charge in [-0.15, -0.1) is 11.3 Å². The molecule has 0 radical (unpaired) electrons. The van der Waals surface area contributed by atoms with Gasteiger partial charge in [-0.2, -0.15) is 4.98 Å². The van der Waals surface area contributed by atoms with Crippen LogP contribution >= 0.6 is 11.3 Å². The van der Waals surface area contributed by atoms with Gasteiger partial charge in [0.05, 0.1) is 18.1 Å². The summed E-state index contributed by atoms with van der Waals surface area (Å²) in [5, 5.41) is 7.39. The van der Waals surface area contributed by atoms with Crippen molar-refractivity contribution in [1.29, 1.82) is 0 Å². The number of nitrogens with zero attached hydrogens (tertiary/aromatic N) is 2. The minimum absolute atomic E-state index is 0.275. The highest BCUT2D eigenvalue weighted by Crippen LogP contribution is 2.25. The number of hydrogen-bond acceptors (Lipinski definition) is 6. The van der Waals surface area contributed by atoms with Gasteiger partial charge < -0.3 is 14.6 Å². The van der Waals surface area contributed by atoms with E-state index < -0.39 is 0 Å². The molecule has 6 heteroatoms. The number of nitrogens with one attached hydrogen (secondary N) is 1. The van der Waals surface area contributed by atoms with Crippen molar-refractivity contribution in [2.24, 2.45) is 0 Å². The summed E-state index contributed by atoms with van der Waals surface area (Å²) in [7, 11) is 0. The Labute approximate surface area is 109 Å². The highest BCUT2D eigenvalue weighted by molar-refractivity contribution is 7.15. The molecule has 2 aromatic rings. The summed E-state index contributed by atoms with van der Waals surface area (Å²) in [6, 6.07) is 4.36. The van der Waals surface area contributed by atoms with E-state index in [2.05, 4.69) is 28.4 Å². The molecule has 3 heterocycles. The molecule has 1 atom stereocenters. The van der Waals surface area contributed by atoms with Crippen molar-refractivity contribution < 1.29 is 9.26 Å². The number of hydrogen-bond donors (Lipinski definition) is 1. The average molecular weight is 265 g/mol. The highest BCUT2D eigenvalue weighted by atomic mass is 32.1. The predicted octanol–water partition coefficient (Wildman–Crippen LogP) is 1.64. The summed E-state index contributed by atoms with van der Waals surface area (Å²) in [4.78, 5) is 6.73. The molecule has 0 aromatic carbocycles. The third-order valence-corrected chi connectivity index (χ3v) is 3.84. The number of thiophene rings is 1. The van der Waals surface area contributed by atoms with E-state index in [4.69, 9.17) is 9.26 Å². The molecule has 5 nitrogen and oxygen atoms in total. The van der Waals surface area contributed by atoms with Crippen LogP contribution in [0.15, 0.2) is 16.7 Å². The Morgan fingerprint density at radius 2 is 2.44 bits per heavy atom. The lowest BCUT2D eigenvalue weighted by Crippen LogP contribution is -2.42. The molecular formula is C12H15N3O2S. The monoisotopic (exact) mass is 265 g/mol. The van der Waals surface area contributed by atoms with Crippen molar-refractivity contribution in [2.45, 2.75) is 19.4 Å². The van der Waals surface area contributed by atoms with E-state index >= 15 is 0 Å². The molecule has 3 rings (SSSR count). The lowest BCUT2D eigenvalue weighted by atomic mass is 10.2. The van der Waals surface area contributed by atoms with Crippen molar-refractivity contribution in [2.75, 3.05) is 19.8 Å². The van der Waals surface area contributed by atoms with E-state index in [1.54, 1.807) is 11.3 Å². The third-order valence-electron chi connectivity index (χ3n) is 2.85. The molecule has 18 heavy (non-hydrogen) atoms. The zero-order chi connectivity index (χ0) is 12.4. The third kappa shape index (κ3) is 2.60. The number of morpholine rings is 1. The van der Waals surface area contributed by atoms with Gasteiger partial charge in [-0.05, 0) is 19.1 Å². The van der Waals surface area contributed by atoms with Gasteiger partial charge in [-0.3, -0.25) is 0 Å². The van der Waals surface area contributed by atoms with Gasteiger partial charge in [0.2, 0.25) is 11.7 Å². The van der Waals surface area contributed by atoms with E-state index in [1.807, 2.05) is 6.07 Å². The maximum absolute atomic E-state index is 5.40. The molecule has 0 amide bonds. The maximum Gasteiger partial charge on any atom is 0.228 e. The summed E-state index contributed by atoms with van der Waals surface area (Å²) in [5.41, 5.74) is 0. The van der Waals surface area contributed by atoms with E-state index in [9.17, 15) is 0 Å². The van der Waals surface area contributed by atoms with Crippen molar-refractivity contribution in [1.82, 2.24) is 15.5 Å².